The Balaban J connectivity index is 2.19. The minimum atomic E-state index is -3.88. The number of nitrogens with zero attached hydrogens (tertiary/aromatic N) is 1. The number of rotatable bonds is 7. The van der Waals surface area contributed by atoms with Crippen LogP contribution in [0.3, 0.4) is 0 Å². The number of nitrogens with one attached hydrogen (secondary N) is 2. The van der Waals surface area contributed by atoms with Gasteiger partial charge in [0.15, 0.2) is 0 Å². The van der Waals surface area contributed by atoms with Crippen molar-refractivity contribution in [2.75, 3.05) is 5.48 Å². The van der Waals surface area contributed by atoms with E-state index in [4.69, 9.17) is 4.84 Å². The van der Waals surface area contributed by atoms with Crippen molar-refractivity contribution in [2.24, 2.45) is 0 Å². The van der Waals surface area contributed by atoms with Gasteiger partial charge in [0.2, 0.25) is 10.0 Å². The molecule has 0 aliphatic rings. The normalized spacial score (nSPS) is 12.0. The van der Waals surface area contributed by atoms with E-state index in [-0.39, 0.29) is 17.2 Å². The minimum absolute atomic E-state index is 0.0700. The summed E-state index contributed by atoms with van der Waals surface area (Å²) >= 11 is 0. The van der Waals surface area contributed by atoms with Gasteiger partial charge in [-0.2, -0.15) is 0 Å². The molecule has 0 amide bonds. The van der Waals surface area contributed by atoms with Gasteiger partial charge in [0.1, 0.15) is 5.69 Å². The van der Waals surface area contributed by atoms with Crippen molar-refractivity contribution in [3.8, 4) is 0 Å². The number of nitro benzene ring substituents is 1. The standard InChI is InChI=1S/C17H21N3O5S/c1-17(2,3)19-26(23,24)14-9-10-15(16(11-14)20(21)22)18-25-12-13-7-5-4-6-8-13/h4-11,18-19H,12H2,1-3H3. The highest BCUT2D eigenvalue weighted by molar-refractivity contribution is 7.89. The molecular formula is C17H21N3O5S. The number of anilines is 1. The molecule has 0 unspecified atom stereocenters. The molecule has 0 aliphatic carbocycles. The first-order valence-electron chi connectivity index (χ1n) is 7.83. The Labute approximate surface area is 152 Å². The summed E-state index contributed by atoms with van der Waals surface area (Å²) < 4.78 is 27.2. The zero-order chi connectivity index (χ0) is 19.4. The minimum Gasteiger partial charge on any atom is -0.271 e. The predicted molar refractivity (Wildman–Crippen MR) is 98.0 cm³/mol. The maximum Gasteiger partial charge on any atom is 0.295 e. The molecule has 8 nitrogen and oxygen atoms in total. The van der Waals surface area contributed by atoms with Crippen molar-refractivity contribution in [1.82, 2.24) is 4.72 Å². The van der Waals surface area contributed by atoms with Crippen LogP contribution in [0.2, 0.25) is 0 Å². The van der Waals surface area contributed by atoms with Gasteiger partial charge >= 0.3 is 0 Å². The van der Waals surface area contributed by atoms with Gasteiger partial charge in [-0.15, -0.1) is 0 Å². The zero-order valence-corrected chi connectivity index (χ0v) is 15.5. The first-order chi connectivity index (χ1) is 12.1. The third-order valence-electron chi connectivity index (χ3n) is 3.18. The van der Waals surface area contributed by atoms with Crippen LogP contribution in [0.15, 0.2) is 53.4 Å². The van der Waals surface area contributed by atoms with Crippen molar-refractivity contribution in [2.45, 2.75) is 37.8 Å². The average molecular weight is 379 g/mol. The molecule has 0 radical (unpaired) electrons. The third-order valence-corrected chi connectivity index (χ3v) is 4.94. The van der Waals surface area contributed by atoms with E-state index in [2.05, 4.69) is 10.2 Å². The Morgan fingerprint density at radius 3 is 2.35 bits per heavy atom. The monoisotopic (exact) mass is 379 g/mol. The molecule has 26 heavy (non-hydrogen) atoms. The van der Waals surface area contributed by atoms with E-state index in [1.54, 1.807) is 20.8 Å². The molecule has 140 valence electrons. The van der Waals surface area contributed by atoms with Gasteiger partial charge < -0.3 is 0 Å². The van der Waals surface area contributed by atoms with Crippen LogP contribution in [0.5, 0.6) is 0 Å². The summed E-state index contributed by atoms with van der Waals surface area (Å²) in [4.78, 5) is 15.7. The van der Waals surface area contributed by atoms with E-state index in [1.165, 1.54) is 12.1 Å². The molecule has 0 aliphatic heterocycles. The highest BCUT2D eigenvalue weighted by Gasteiger charge is 2.25. The Morgan fingerprint density at radius 1 is 1.12 bits per heavy atom. The first kappa shape index (κ1) is 19.8. The molecule has 2 aromatic rings. The molecule has 0 saturated heterocycles. The van der Waals surface area contributed by atoms with Crippen molar-refractivity contribution >= 4 is 21.4 Å². The van der Waals surface area contributed by atoms with Crippen LogP contribution in [-0.4, -0.2) is 18.9 Å². The van der Waals surface area contributed by atoms with Gasteiger partial charge in [-0.25, -0.2) is 13.1 Å². The largest absolute Gasteiger partial charge is 0.295 e. The van der Waals surface area contributed by atoms with Gasteiger partial charge in [0.05, 0.1) is 16.4 Å². The van der Waals surface area contributed by atoms with Gasteiger partial charge in [0.25, 0.3) is 5.69 Å². The molecule has 0 bridgehead atoms. The highest BCUT2D eigenvalue weighted by Crippen LogP contribution is 2.28. The molecule has 0 heterocycles. The lowest BCUT2D eigenvalue weighted by atomic mass is 10.1. The molecule has 0 spiro atoms. The van der Waals surface area contributed by atoms with Crippen LogP contribution >= 0.6 is 0 Å². The van der Waals surface area contributed by atoms with Crippen LogP contribution in [0.4, 0.5) is 11.4 Å². The lowest BCUT2D eigenvalue weighted by Crippen LogP contribution is -2.40. The lowest BCUT2D eigenvalue weighted by Gasteiger charge is -2.20. The number of sulfonamides is 1. The van der Waals surface area contributed by atoms with Crippen LogP contribution in [-0.2, 0) is 21.5 Å². The molecule has 0 fully saturated rings. The highest BCUT2D eigenvalue weighted by atomic mass is 32.2. The summed E-state index contributed by atoms with van der Waals surface area (Å²) in [6.07, 6.45) is 0. The Kier molecular flexibility index (Phi) is 5.96. The number of benzene rings is 2. The second kappa shape index (κ2) is 7.81. The van der Waals surface area contributed by atoms with Crippen LogP contribution in [0.25, 0.3) is 0 Å². The first-order valence-corrected chi connectivity index (χ1v) is 9.31. The van der Waals surface area contributed by atoms with E-state index in [1.807, 2.05) is 30.3 Å². The maximum absolute atomic E-state index is 12.3. The molecular weight excluding hydrogens is 358 g/mol. The molecule has 2 N–H and O–H groups in total. The summed E-state index contributed by atoms with van der Waals surface area (Å²) in [7, 11) is -3.88. The second-order valence-electron chi connectivity index (χ2n) is 6.67. The van der Waals surface area contributed by atoms with Gasteiger partial charge in [0, 0.05) is 11.6 Å². The third kappa shape index (κ3) is 5.51. The molecule has 2 aromatic carbocycles. The quantitative estimate of drug-likeness (QED) is 0.564. The van der Waals surface area contributed by atoms with Crippen LogP contribution < -0.4 is 10.2 Å². The van der Waals surface area contributed by atoms with Crippen molar-refractivity contribution < 1.29 is 18.2 Å². The van der Waals surface area contributed by atoms with Gasteiger partial charge in [-0.3, -0.25) is 20.4 Å². The van der Waals surface area contributed by atoms with Crippen molar-refractivity contribution in [1.29, 1.82) is 0 Å². The smallest absolute Gasteiger partial charge is 0.271 e. The molecule has 2 rings (SSSR count). The summed E-state index contributed by atoms with van der Waals surface area (Å²) in [6.45, 7) is 5.26. The number of hydrogen-bond donors (Lipinski definition) is 2. The summed E-state index contributed by atoms with van der Waals surface area (Å²) in [5.74, 6) is 0. The summed E-state index contributed by atoms with van der Waals surface area (Å²) in [6, 6.07) is 12.9. The Morgan fingerprint density at radius 2 is 1.77 bits per heavy atom. The fourth-order valence-electron chi connectivity index (χ4n) is 2.15. The predicted octanol–water partition coefficient (Wildman–Crippen LogP) is 3.22. The van der Waals surface area contributed by atoms with Crippen molar-refractivity contribution in [3.63, 3.8) is 0 Å². The van der Waals surface area contributed by atoms with E-state index in [0.29, 0.717) is 0 Å². The van der Waals surface area contributed by atoms with E-state index < -0.39 is 26.2 Å². The van der Waals surface area contributed by atoms with E-state index in [9.17, 15) is 18.5 Å². The van der Waals surface area contributed by atoms with Gasteiger partial charge in [-0.05, 0) is 38.5 Å². The fraction of sp³-hybridized carbons (Fsp3) is 0.294. The number of hydrogen-bond acceptors (Lipinski definition) is 6. The zero-order valence-electron chi connectivity index (χ0n) is 14.7. The second-order valence-corrected chi connectivity index (χ2v) is 8.35. The van der Waals surface area contributed by atoms with Gasteiger partial charge in [-0.1, -0.05) is 30.3 Å². The Hall–Kier alpha value is -2.49. The molecule has 0 aromatic heterocycles. The topological polar surface area (TPSA) is 111 Å². The van der Waals surface area contributed by atoms with E-state index >= 15 is 0 Å². The van der Waals surface area contributed by atoms with Crippen molar-refractivity contribution in [3.05, 3.63) is 64.2 Å². The Bertz CT molecular complexity index is 877. The van der Waals surface area contributed by atoms with Crippen LogP contribution in [0.1, 0.15) is 26.3 Å². The fourth-order valence-corrected chi connectivity index (χ4v) is 3.59. The lowest BCUT2D eigenvalue weighted by molar-refractivity contribution is -0.384. The SMILES string of the molecule is CC(C)(C)NS(=O)(=O)c1ccc(NOCc2ccccc2)c([N+](=O)[O-])c1. The van der Waals surface area contributed by atoms with E-state index in [0.717, 1.165) is 11.6 Å². The molecule has 0 atom stereocenters. The summed E-state index contributed by atoms with van der Waals surface area (Å²) in [5.41, 5.74) is 2.37. The maximum atomic E-state index is 12.3. The molecule has 9 heteroatoms. The number of nitro groups is 1. The average Bonchev–Trinajstić information content (AvgIpc) is 2.53. The molecule has 0 saturated carbocycles. The van der Waals surface area contributed by atoms with Crippen LogP contribution in [0, 0.1) is 10.1 Å². The summed E-state index contributed by atoms with van der Waals surface area (Å²) in [5, 5.41) is 11.3.